The standard InChI is InChI=1S/C25H27N3O2/c1-25(2,3)22-10-8-21(9-11-22)24(30)27-16-18-4-6-20(7-5-18)23(29)28-17-19-12-14-26-15-13-19/h4-15H,16-17H2,1-3H3,(H,27,30)(H,28,29). The van der Waals surface area contributed by atoms with E-state index in [0.29, 0.717) is 24.2 Å². The van der Waals surface area contributed by atoms with Crippen molar-refractivity contribution in [1.29, 1.82) is 0 Å². The van der Waals surface area contributed by atoms with Gasteiger partial charge in [-0.3, -0.25) is 14.6 Å². The van der Waals surface area contributed by atoms with Crippen molar-refractivity contribution in [2.75, 3.05) is 0 Å². The van der Waals surface area contributed by atoms with Crippen LogP contribution in [0.2, 0.25) is 0 Å². The largest absolute Gasteiger partial charge is 0.348 e. The summed E-state index contributed by atoms with van der Waals surface area (Å²) in [5.74, 6) is -0.254. The van der Waals surface area contributed by atoms with E-state index in [1.165, 1.54) is 5.56 Å². The number of hydrogen-bond acceptors (Lipinski definition) is 3. The van der Waals surface area contributed by atoms with E-state index in [0.717, 1.165) is 11.1 Å². The van der Waals surface area contributed by atoms with Gasteiger partial charge in [0.25, 0.3) is 11.8 Å². The molecule has 0 aliphatic heterocycles. The van der Waals surface area contributed by atoms with Gasteiger partial charge in [-0.1, -0.05) is 45.0 Å². The third-order valence-corrected chi connectivity index (χ3v) is 4.88. The van der Waals surface area contributed by atoms with Crippen LogP contribution in [0.5, 0.6) is 0 Å². The molecule has 0 fully saturated rings. The Morgan fingerprint density at radius 1 is 0.700 bits per heavy atom. The molecule has 0 atom stereocenters. The van der Waals surface area contributed by atoms with Crippen molar-refractivity contribution in [1.82, 2.24) is 15.6 Å². The van der Waals surface area contributed by atoms with E-state index >= 15 is 0 Å². The molecule has 0 saturated heterocycles. The Morgan fingerprint density at radius 2 is 1.13 bits per heavy atom. The zero-order chi connectivity index (χ0) is 21.6. The number of carbonyl (C=O) groups excluding carboxylic acids is 2. The third kappa shape index (κ3) is 5.77. The smallest absolute Gasteiger partial charge is 0.251 e. The lowest BCUT2D eigenvalue weighted by molar-refractivity contribution is 0.0941. The maximum Gasteiger partial charge on any atom is 0.251 e. The van der Waals surface area contributed by atoms with Gasteiger partial charge >= 0.3 is 0 Å². The van der Waals surface area contributed by atoms with Crippen LogP contribution in [-0.4, -0.2) is 16.8 Å². The molecule has 0 aliphatic rings. The fourth-order valence-corrected chi connectivity index (χ4v) is 2.97. The molecule has 1 heterocycles. The molecule has 0 unspecified atom stereocenters. The van der Waals surface area contributed by atoms with Crippen molar-refractivity contribution in [2.45, 2.75) is 39.3 Å². The normalized spacial score (nSPS) is 11.0. The van der Waals surface area contributed by atoms with Gasteiger partial charge in [-0.25, -0.2) is 0 Å². The number of nitrogens with zero attached hydrogens (tertiary/aromatic N) is 1. The summed E-state index contributed by atoms with van der Waals surface area (Å²) < 4.78 is 0. The molecular weight excluding hydrogens is 374 g/mol. The zero-order valence-corrected chi connectivity index (χ0v) is 17.6. The van der Waals surface area contributed by atoms with E-state index in [1.54, 1.807) is 24.5 Å². The number of hydrogen-bond donors (Lipinski definition) is 2. The van der Waals surface area contributed by atoms with E-state index in [-0.39, 0.29) is 17.2 Å². The minimum atomic E-state index is -0.138. The Kier molecular flexibility index (Phi) is 6.62. The zero-order valence-electron chi connectivity index (χ0n) is 17.6. The summed E-state index contributed by atoms with van der Waals surface area (Å²) in [5, 5.41) is 5.81. The van der Waals surface area contributed by atoms with Crippen LogP contribution in [0.15, 0.2) is 73.1 Å². The van der Waals surface area contributed by atoms with Crippen LogP contribution in [0.1, 0.15) is 58.2 Å². The molecule has 0 saturated carbocycles. The van der Waals surface area contributed by atoms with Crippen LogP contribution in [0.4, 0.5) is 0 Å². The maximum absolute atomic E-state index is 12.4. The number of pyridine rings is 1. The molecule has 1 aromatic heterocycles. The van der Waals surface area contributed by atoms with Crippen molar-refractivity contribution in [2.24, 2.45) is 0 Å². The minimum absolute atomic E-state index is 0.0569. The molecule has 154 valence electrons. The average Bonchev–Trinajstić information content (AvgIpc) is 2.76. The lowest BCUT2D eigenvalue weighted by Crippen LogP contribution is -2.24. The number of nitrogens with one attached hydrogen (secondary N) is 2. The Balaban J connectivity index is 1.51. The first-order valence-electron chi connectivity index (χ1n) is 9.98. The summed E-state index contributed by atoms with van der Waals surface area (Å²) >= 11 is 0. The summed E-state index contributed by atoms with van der Waals surface area (Å²) in [7, 11) is 0. The Hall–Kier alpha value is -3.47. The van der Waals surface area contributed by atoms with E-state index in [9.17, 15) is 9.59 Å². The lowest BCUT2D eigenvalue weighted by atomic mass is 9.87. The predicted octanol–water partition coefficient (Wildman–Crippen LogP) is 4.24. The third-order valence-electron chi connectivity index (χ3n) is 4.88. The molecule has 0 aliphatic carbocycles. The topological polar surface area (TPSA) is 71.1 Å². The highest BCUT2D eigenvalue weighted by Crippen LogP contribution is 2.22. The van der Waals surface area contributed by atoms with Crippen molar-refractivity contribution < 1.29 is 9.59 Å². The number of carbonyl (C=O) groups is 2. The van der Waals surface area contributed by atoms with E-state index < -0.39 is 0 Å². The Labute approximate surface area is 177 Å². The van der Waals surface area contributed by atoms with Gasteiger partial charge in [-0.15, -0.1) is 0 Å². The molecule has 0 bridgehead atoms. The van der Waals surface area contributed by atoms with E-state index in [2.05, 4.69) is 36.4 Å². The van der Waals surface area contributed by atoms with Crippen LogP contribution >= 0.6 is 0 Å². The quantitative estimate of drug-likeness (QED) is 0.649. The first-order chi connectivity index (χ1) is 14.3. The second kappa shape index (κ2) is 9.35. The predicted molar refractivity (Wildman–Crippen MR) is 118 cm³/mol. The molecular formula is C25H27N3O2. The summed E-state index contributed by atoms with van der Waals surface area (Å²) in [6.07, 6.45) is 3.40. The molecule has 5 nitrogen and oxygen atoms in total. The van der Waals surface area contributed by atoms with Crippen LogP contribution in [0, 0.1) is 0 Å². The monoisotopic (exact) mass is 401 g/mol. The molecule has 3 aromatic rings. The number of amides is 2. The molecule has 2 N–H and O–H groups in total. The first kappa shape index (κ1) is 21.2. The summed E-state index contributed by atoms with van der Waals surface area (Å²) in [5.41, 5.74) is 4.39. The fourth-order valence-electron chi connectivity index (χ4n) is 2.97. The van der Waals surface area contributed by atoms with Gasteiger partial charge in [0, 0.05) is 36.6 Å². The molecule has 0 radical (unpaired) electrons. The van der Waals surface area contributed by atoms with Gasteiger partial charge in [0.15, 0.2) is 0 Å². The van der Waals surface area contributed by atoms with Crippen LogP contribution < -0.4 is 10.6 Å². The molecule has 5 heteroatoms. The van der Waals surface area contributed by atoms with E-state index in [4.69, 9.17) is 0 Å². The molecule has 30 heavy (non-hydrogen) atoms. The van der Waals surface area contributed by atoms with Gasteiger partial charge in [0.2, 0.25) is 0 Å². The molecule has 2 aromatic carbocycles. The second-order valence-corrected chi connectivity index (χ2v) is 8.25. The van der Waals surface area contributed by atoms with Crippen LogP contribution in [0.25, 0.3) is 0 Å². The number of benzene rings is 2. The first-order valence-corrected chi connectivity index (χ1v) is 9.98. The molecule has 2 amide bonds. The van der Waals surface area contributed by atoms with E-state index in [1.807, 2.05) is 48.5 Å². The lowest BCUT2D eigenvalue weighted by Gasteiger charge is -2.19. The summed E-state index contributed by atoms with van der Waals surface area (Å²) in [6, 6.07) is 18.7. The highest BCUT2D eigenvalue weighted by atomic mass is 16.2. The van der Waals surface area contributed by atoms with Crippen molar-refractivity contribution in [3.05, 3.63) is 101 Å². The number of rotatable bonds is 6. The van der Waals surface area contributed by atoms with Gasteiger partial charge < -0.3 is 10.6 Å². The molecule has 0 spiro atoms. The van der Waals surface area contributed by atoms with Gasteiger partial charge in [0.1, 0.15) is 0 Å². The van der Waals surface area contributed by atoms with Crippen molar-refractivity contribution in [3.63, 3.8) is 0 Å². The summed E-state index contributed by atoms with van der Waals surface area (Å²) in [4.78, 5) is 28.6. The average molecular weight is 402 g/mol. The number of aromatic nitrogens is 1. The van der Waals surface area contributed by atoms with Crippen molar-refractivity contribution in [3.8, 4) is 0 Å². The minimum Gasteiger partial charge on any atom is -0.348 e. The van der Waals surface area contributed by atoms with Crippen molar-refractivity contribution >= 4 is 11.8 Å². The summed E-state index contributed by atoms with van der Waals surface area (Å²) in [6.45, 7) is 7.29. The second-order valence-electron chi connectivity index (χ2n) is 8.25. The fraction of sp³-hybridized carbons (Fsp3) is 0.240. The van der Waals surface area contributed by atoms with Gasteiger partial charge in [-0.05, 0) is 58.5 Å². The van der Waals surface area contributed by atoms with Crippen LogP contribution in [-0.2, 0) is 18.5 Å². The van der Waals surface area contributed by atoms with Crippen LogP contribution in [0.3, 0.4) is 0 Å². The highest BCUT2D eigenvalue weighted by Gasteiger charge is 2.14. The van der Waals surface area contributed by atoms with Gasteiger partial charge in [-0.2, -0.15) is 0 Å². The Morgan fingerprint density at radius 3 is 1.60 bits per heavy atom. The molecule has 3 rings (SSSR count). The maximum atomic E-state index is 12.4. The van der Waals surface area contributed by atoms with Gasteiger partial charge in [0.05, 0.1) is 0 Å². The highest BCUT2D eigenvalue weighted by molar-refractivity contribution is 5.95. The SMILES string of the molecule is CC(C)(C)c1ccc(C(=O)NCc2ccc(C(=O)NCc3ccncc3)cc2)cc1. The Bertz CT molecular complexity index is 989.